The van der Waals surface area contributed by atoms with Crippen LogP contribution in [0.1, 0.15) is 31.9 Å². The van der Waals surface area contributed by atoms with E-state index in [9.17, 15) is 15.0 Å². The zero-order chi connectivity index (χ0) is 26.6. The minimum atomic E-state index is -1.38. The maximum atomic E-state index is 13.0. The lowest BCUT2D eigenvalue weighted by Gasteiger charge is -2.46. The van der Waals surface area contributed by atoms with Gasteiger partial charge in [0, 0.05) is 18.0 Å². The van der Waals surface area contributed by atoms with Crippen LogP contribution in [0.25, 0.3) is 11.0 Å². The van der Waals surface area contributed by atoms with Crippen molar-refractivity contribution in [2.24, 2.45) is 5.16 Å². The molecule has 0 unspecified atom stereocenters. The van der Waals surface area contributed by atoms with Crippen molar-refractivity contribution in [2.75, 3.05) is 25.7 Å². The van der Waals surface area contributed by atoms with Crippen molar-refractivity contribution in [2.45, 2.75) is 57.9 Å². The second kappa shape index (κ2) is 11.7. The smallest absolute Gasteiger partial charge is 0.349 e. The molecule has 0 amide bonds. The second-order valence-electron chi connectivity index (χ2n) is 8.80. The summed E-state index contributed by atoms with van der Waals surface area (Å²) in [6.07, 6.45) is -3.00. The van der Waals surface area contributed by atoms with Gasteiger partial charge < -0.3 is 38.4 Å². The maximum absolute atomic E-state index is 13.0. The molecule has 1 fully saturated rings. The Balaban J connectivity index is 2.05. The molecule has 1 saturated heterocycles. The van der Waals surface area contributed by atoms with E-state index in [0.29, 0.717) is 34.3 Å². The summed E-state index contributed by atoms with van der Waals surface area (Å²) < 4.78 is 28.7. The van der Waals surface area contributed by atoms with E-state index < -0.39 is 35.8 Å². The fraction of sp³-hybridized carbons (Fsp3) is 0.520. The van der Waals surface area contributed by atoms with Crippen molar-refractivity contribution >= 4 is 32.6 Å². The van der Waals surface area contributed by atoms with E-state index in [-0.39, 0.29) is 23.5 Å². The van der Waals surface area contributed by atoms with Crippen molar-refractivity contribution in [3.8, 4) is 11.5 Å². The molecule has 4 atom stereocenters. The number of methoxy groups -OCH3 is 1. The average molecular weight is 570 g/mol. The van der Waals surface area contributed by atoms with E-state index in [2.05, 4.69) is 27.7 Å². The fourth-order valence-corrected chi connectivity index (χ4v) is 4.28. The molecule has 1 aromatic carbocycles. The number of alkyl halides is 1. The first-order chi connectivity index (χ1) is 17.1. The summed E-state index contributed by atoms with van der Waals surface area (Å²) in [5, 5.41) is 26.2. The van der Waals surface area contributed by atoms with E-state index >= 15 is 0 Å². The summed E-state index contributed by atoms with van der Waals surface area (Å²) in [6.45, 7) is 10.9. The van der Waals surface area contributed by atoms with Crippen molar-refractivity contribution in [3.63, 3.8) is 0 Å². The van der Waals surface area contributed by atoms with Crippen LogP contribution < -0.4 is 15.1 Å². The molecule has 1 aromatic heterocycles. The van der Waals surface area contributed by atoms with E-state index in [1.165, 1.54) is 7.11 Å². The number of nitrogens with zero attached hydrogens (tertiary/aromatic N) is 1. The molecule has 3 rings (SSSR count). The van der Waals surface area contributed by atoms with Gasteiger partial charge in [-0.05, 0) is 39.8 Å². The first-order valence-electron chi connectivity index (χ1n) is 11.4. The number of halogens is 1. The topological polar surface area (TPSA) is 129 Å². The Kier molecular flexibility index (Phi) is 9.18. The van der Waals surface area contributed by atoms with Crippen LogP contribution in [0.2, 0.25) is 0 Å². The minimum absolute atomic E-state index is 0.133. The number of aliphatic hydroxyl groups is 2. The quantitative estimate of drug-likeness (QED) is 0.111. The monoisotopic (exact) mass is 569 g/mol. The minimum Gasteiger partial charge on any atom is -0.488 e. The Hall–Kier alpha value is -2.44. The van der Waals surface area contributed by atoms with Gasteiger partial charge in [0.1, 0.15) is 54.2 Å². The predicted octanol–water partition coefficient (Wildman–Crippen LogP) is 3.05. The van der Waals surface area contributed by atoms with Crippen molar-refractivity contribution in [1.29, 1.82) is 0 Å². The molecular weight excluding hydrogens is 538 g/mol. The average Bonchev–Trinajstić information content (AvgIpc) is 2.82. The molecule has 1 aliphatic heterocycles. The summed E-state index contributed by atoms with van der Waals surface area (Å²) in [6, 6.07) is 3.32. The van der Waals surface area contributed by atoms with E-state index in [0.717, 1.165) is 0 Å². The number of fused-ring (bicyclic) bond motifs is 1. The van der Waals surface area contributed by atoms with Gasteiger partial charge in [0.2, 0.25) is 6.29 Å². The third kappa shape index (κ3) is 5.60. The lowest BCUT2D eigenvalue weighted by Crippen LogP contribution is -2.63. The third-order valence-electron chi connectivity index (χ3n) is 5.85. The molecule has 10 nitrogen and oxygen atoms in total. The molecule has 11 heteroatoms. The number of benzene rings is 1. The molecule has 1 aliphatic rings. The van der Waals surface area contributed by atoms with Crippen molar-refractivity contribution in [3.05, 3.63) is 46.3 Å². The van der Waals surface area contributed by atoms with Crippen LogP contribution in [0.4, 0.5) is 0 Å². The highest BCUT2D eigenvalue weighted by atomic mass is 79.9. The van der Waals surface area contributed by atoms with Crippen LogP contribution in [0.15, 0.2) is 39.2 Å². The van der Waals surface area contributed by atoms with Gasteiger partial charge in [-0.3, -0.25) is 0 Å². The fourth-order valence-electron chi connectivity index (χ4n) is 4.14. The van der Waals surface area contributed by atoms with Gasteiger partial charge >= 0.3 is 5.63 Å². The maximum Gasteiger partial charge on any atom is 0.349 e. The van der Waals surface area contributed by atoms with Gasteiger partial charge in [0.05, 0.1) is 16.7 Å². The Morgan fingerprint density at radius 2 is 2.03 bits per heavy atom. The molecule has 36 heavy (non-hydrogen) atoms. The Bertz CT molecular complexity index is 1180. The van der Waals surface area contributed by atoms with Crippen LogP contribution >= 0.6 is 15.9 Å². The van der Waals surface area contributed by atoms with Gasteiger partial charge in [0.25, 0.3) is 0 Å². The Morgan fingerprint density at radius 3 is 2.67 bits per heavy atom. The zero-order valence-electron chi connectivity index (χ0n) is 20.9. The molecule has 0 saturated carbocycles. The highest BCUT2D eigenvalue weighted by molar-refractivity contribution is 9.09. The molecule has 0 spiro atoms. The molecular formula is C25H32BrNO9. The lowest BCUT2D eigenvalue weighted by molar-refractivity contribution is -0.306. The van der Waals surface area contributed by atoms with Crippen molar-refractivity contribution in [1.82, 2.24) is 0 Å². The molecule has 0 aliphatic carbocycles. The number of ether oxygens (including phenoxy) is 4. The van der Waals surface area contributed by atoms with E-state index in [1.54, 1.807) is 45.9 Å². The first-order valence-corrected chi connectivity index (χ1v) is 12.5. The van der Waals surface area contributed by atoms with Crippen LogP contribution in [0.5, 0.6) is 11.5 Å². The molecule has 0 bridgehead atoms. The van der Waals surface area contributed by atoms with Gasteiger partial charge in [-0.15, -0.1) is 0 Å². The summed E-state index contributed by atoms with van der Waals surface area (Å²) in [4.78, 5) is 18.2. The largest absolute Gasteiger partial charge is 0.488 e. The van der Waals surface area contributed by atoms with Gasteiger partial charge in [-0.1, -0.05) is 33.7 Å². The normalized spacial score (nSPS) is 23.9. The third-order valence-corrected chi connectivity index (χ3v) is 6.17. The summed E-state index contributed by atoms with van der Waals surface area (Å²) in [7, 11) is 1.43. The van der Waals surface area contributed by atoms with Gasteiger partial charge in [0.15, 0.2) is 0 Å². The number of aryl methyl sites for hydroxylation is 1. The molecule has 2 heterocycles. The number of aliphatic hydroxyl groups excluding tert-OH is 2. The van der Waals surface area contributed by atoms with Crippen LogP contribution in [0.3, 0.4) is 0 Å². The van der Waals surface area contributed by atoms with E-state index in [1.807, 2.05) is 0 Å². The Labute approximate surface area is 217 Å². The Morgan fingerprint density at radius 1 is 1.31 bits per heavy atom. The summed E-state index contributed by atoms with van der Waals surface area (Å²) >= 11 is 3.25. The highest BCUT2D eigenvalue weighted by Crippen LogP contribution is 2.37. The van der Waals surface area contributed by atoms with Crippen LogP contribution in [-0.2, 0) is 14.3 Å². The molecule has 2 N–H and O–H groups in total. The van der Waals surface area contributed by atoms with E-state index in [4.69, 9.17) is 28.2 Å². The molecule has 2 aromatic rings. The summed E-state index contributed by atoms with van der Waals surface area (Å²) in [5.41, 5.74) is -0.473. The molecule has 0 radical (unpaired) electrons. The van der Waals surface area contributed by atoms with Gasteiger partial charge in [-0.25, -0.2) is 4.79 Å². The van der Waals surface area contributed by atoms with Crippen molar-refractivity contribution < 1.29 is 38.4 Å². The SMILES string of the molecule is C=CCOc1c(/C(C)=N/OCCBr)c(=O)oc2c(C)c(O[C@@H]3OC(C)(C)[C@H](OC)[C@@H](O)[C@H]3O)ccc12. The lowest BCUT2D eigenvalue weighted by atomic mass is 9.89. The standard InChI is InChI=1S/C25H32BrNO9/c1-7-11-32-21-15-8-9-16(34-24-19(29)18(28)22(31-6)25(4,5)36-24)13(2)20(15)35-23(30)17(21)14(3)27-33-12-10-26/h7-9,18-19,22,24,28-29H,1,10-12H2,2-6H3/b27-14+/t18-,19+,22+,24+/m0/s1. The number of rotatable bonds is 10. The highest BCUT2D eigenvalue weighted by Gasteiger charge is 2.50. The van der Waals surface area contributed by atoms with Gasteiger partial charge in [-0.2, -0.15) is 0 Å². The first kappa shape index (κ1) is 28.1. The second-order valence-corrected chi connectivity index (χ2v) is 9.60. The van der Waals surface area contributed by atoms with Crippen LogP contribution in [-0.4, -0.2) is 71.8 Å². The number of oxime groups is 1. The number of hydrogen-bond donors (Lipinski definition) is 2. The summed E-state index contributed by atoms with van der Waals surface area (Å²) in [5.74, 6) is 0.565. The zero-order valence-corrected chi connectivity index (χ0v) is 22.5. The predicted molar refractivity (Wildman–Crippen MR) is 137 cm³/mol. The molecule has 198 valence electrons. The number of hydrogen-bond acceptors (Lipinski definition) is 10. The van der Waals surface area contributed by atoms with Crippen LogP contribution in [0, 0.1) is 6.92 Å².